The fourth-order valence-corrected chi connectivity index (χ4v) is 2.84. The van der Waals surface area contributed by atoms with Crippen LogP contribution in [0.3, 0.4) is 0 Å². The van der Waals surface area contributed by atoms with Crippen molar-refractivity contribution in [2.24, 2.45) is 0 Å². The van der Waals surface area contributed by atoms with Crippen LogP contribution < -0.4 is 4.72 Å². The Morgan fingerprint density at radius 3 is 2.74 bits per heavy atom. The van der Waals surface area contributed by atoms with E-state index in [1.54, 1.807) is 13.0 Å². The number of aliphatic hydroxyl groups excluding tert-OH is 1. The first-order valence-electron chi connectivity index (χ1n) is 5.53. The van der Waals surface area contributed by atoms with Gasteiger partial charge in [-0.3, -0.25) is 9.82 Å². The quantitative estimate of drug-likeness (QED) is 0.765. The van der Waals surface area contributed by atoms with Crippen LogP contribution in [0, 0.1) is 13.8 Å². The first-order valence-corrected chi connectivity index (χ1v) is 7.02. The van der Waals surface area contributed by atoms with Gasteiger partial charge in [0.15, 0.2) is 5.03 Å². The standard InChI is InChI=1S/C11H14N4O3S/c1-7-3-8(2)13-10(4-7)15-19(17,18)11-9(6-16)5-12-14-11/h3-5,16H,6H2,1-2H3,(H,12,14)(H,13,15). The summed E-state index contributed by atoms with van der Waals surface area (Å²) in [6, 6.07) is 3.46. The number of hydrogen-bond donors (Lipinski definition) is 3. The van der Waals surface area contributed by atoms with Crippen molar-refractivity contribution in [3.8, 4) is 0 Å². The molecule has 2 heterocycles. The van der Waals surface area contributed by atoms with Crippen molar-refractivity contribution in [3.63, 3.8) is 0 Å². The third-order valence-electron chi connectivity index (χ3n) is 2.45. The Balaban J connectivity index is 2.36. The molecule has 0 saturated carbocycles. The number of H-pyrrole nitrogens is 1. The van der Waals surface area contributed by atoms with Crippen LogP contribution in [0.5, 0.6) is 0 Å². The predicted octanol–water partition coefficient (Wildman–Crippen LogP) is 0.715. The van der Waals surface area contributed by atoms with E-state index in [9.17, 15) is 8.42 Å². The fraction of sp³-hybridized carbons (Fsp3) is 0.273. The molecule has 7 nitrogen and oxygen atoms in total. The highest BCUT2D eigenvalue weighted by Gasteiger charge is 2.21. The minimum absolute atomic E-state index is 0.157. The van der Waals surface area contributed by atoms with Gasteiger partial charge in [-0.15, -0.1) is 0 Å². The van der Waals surface area contributed by atoms with Crippen LogP contribution >= 0.6 is 0 Å². The lowest BCUT2D eigenvalue weighted by molar-refractivity contribution is 0.278. The monoisotopic (exact) mass is 282 g/mol. The minimum atomic E-state index is -3.84. The van der Waals surface area contributed by atoms with Crippen molar-refractivity contribution in [2.75, 3.05) is 4.72 Å². The van der Waals surface area contributed by atoms with Crippen molar-refractivity contribution in [2.45, 2.75) is 25.5 Å². The van der Waals surface area contributed by atoms with Crippen LogP contribution in [0.25, 0.3) is 0 Å². The van der Waals surface area contributed by atoms with E-state index in [0.717, 1.165) is 5.56 Å². The third-order valence-corrected chi connectivity index (χ3v) is 3.82. The van der Waals surface area contributed by atoms with Gasteiger partial charge < -0.3 is 5.11 Å². The molecule has 0 atom stereocenters. The lowest BCUT2D eigenvalue weighted by atomic mass is 10.2. The summed E-state index contributed by atoms with van der Waals surface area (Å²) in [6.45, 7) is 3.22. The molecular formula is C11H14N4O3S. The van der Waals surface area contributed by atoms with Gasteiger partial charge in [-0.2, -0.15) is 13.5 Å². The van der Waals surface area contributed by atoms with Crippen molar-refractivity contribution in [1.82, 2.24) is 15.2 Å². The van der Waals surface area contributed by atoms with E-state index in [-0.39, 0.29) is 16.4 Å². The number of hydrogen-bond acceptors (Lipinski definition) is 5. The molecule has 0 unspecified atom stereocenters. The van der Waals surface area contributed by atoms with Crippen LogP contribution in [0.4, 0.5) is 5.82 Å². The van der Waals surface area contributed by atoms with Crippen LogP contribution in [-0.4, -0.2) is 28.7 Å². The molecule has 0 aromatic carbocycles. The van der Waals surface area contributed by atoms with Gasteiger partial charge in [-0.25, -0.2) is 4.98 Å². The molecule has 0 bridgehead atoms. The van der Waals surface area contributed by atoms with E-state index in [4.69, 9.17) is 5.11 Å². The molecule has 2 rings (SSSR count). The average Bonchev–Trinajstić information content (AvgIpc) is 2.75. The van der Waals surface area contributed by atoms with Gasteiger partial charge in [0.1, 0.15) is 5.82 Å². The van der Waals surface area contributed by atoms with Gasteiger partial charge in [0.2, 0.25) is 0 Å². The second-order valence-corrected chi connectivity index (χ2v) is 5.78. The number of nitrogens with one attached hydrogen (secondary N) is 2. The molecule has 0 aliphatic carbocycles. The van der Waals surface area contributed by atoms with Crippen molar-refractivity contribution >= 4 is 15.8 Å². The molecule has 102 valence electrons. The van der Waals surface area contributed by atoms with E-state index < -0.39 is 16.6 Å². The van der Waals surface area contributed by atoms with Crippen LogP contribution in [0.1, 0.15) is 16.8 Å². The highest BCUT2D eigenvalue weighted by molar-refractivity contribution is 7.92. The molecule has 19 heavy (non-hydrogen) atoms. The molecule has 0 fully saturated rings. The largest absolute Gasteiger partial charge is 0.392 e. The van der Waals surface area contributed by atoms with Gasteiger partial charge in [0.05, 0.1) is 12.8 Å². The van der Waals surface area contributed by atoms with E-state index in [1.807, 2.05) is 13.0 Å². The Hall–Kier alpha value is -1.93. The lowest BCUT2D eigenvalue weighted by Gasteiger charge is -2.08. The Kier molecular flexibility index (Phi) is 3.54. The molecule has 0 radical (unpaired) electrons. The number of rotatable bonds is 4. The van der Waals surface area contributed by atoms with E-state index in [2.05, 4.69) is 19.9 Å². The maximum Gasteiger partial charge on any atom is 0.280 e. The highest BCUT2D eigenvalue weighted by Crippen LogP contribution is 2.17. The number of pyridine rings is 1. The average molecular weight is 282 g/mol. The maximum absolute atomic E-state index is 12.1. The maximum atomic E-state index is 12.1. The topological polar surface area (TPSA) is 108 Å². The van der Waals surface area contributed by atoms with E-state index >= 15 is 0 Å². The smallest absolute Gasteiger partial charge is 0.280 e. The zero-order valence-electron chi connectivity index (χ0n) is 10.5. The minimum Gasteiger partial charge on any atom is -0.392 e. The first-order chi connectivity index (χ1) is 8.92. The number of aliphatic hydroxyl groups is 1. The molecule has 0 saturated heterocycles. The second kappa shape index (κ2) is 4.98. The van der Waals surface area contributed by atoms with Crippen LogP contribution in [0.2, 0.25) is 0 Å². The third kappa shape index (κ3) is 2.91. The van der Waals surface area contributed by atoms with Crippen molar-refractivity contribution in [3.05, 3.63) is 35.2 Å². The Bertz CT molecular complexity index is 673. The molecule has 0 aliphatic rings. The number of nitrogens with zero attached hydrogens (tertiary/aromatic N) is 2. The lowest BCUT2D eigenvalue weighted by Crippen LogP contribution is -2.16. The number of aromatic amines is 1. The molecule has 0 aliphatic heterocycles. The van der Waals surface area contributed by atoms with Gasteiger partial charge in [-0.1, -0.05) is 0 Å². The normalized spacial score (nSPS) is 11.5. The molecule has 2 aromatic heterocycles. The molecular weight excluding hydrogens is 268 g/mol. The Morgan fingerprint density at radius 1 is 1.37 bits per heavy atom. The first kappa shape index (κ1) is 13.5. The zero-order chi connectivity index (χ0) is 14.0. The van der Waals surface area contributed by atoms with E-state index in [1.165, 1.54) is 6.20 Å². The number of sulfonamides is 1. The summed E-state index contributed by atoms with van der Waals surface area (Å²) >= 11 is 0. The van der Waals surface area contributed by atoms with Crippen molar-refractivity contribution in [1.29, 1.82) is 0 Å². The summed E-state index contributed by atoms with van der Waals surface area (Å²) in [4.78, 5) is 4.10. The number of aryl methyl sites for hydroxylation is 2. The molecule has 8 heteroatoms. The molecule has 2 aromatic rings. The predicted molar refractivity (Wildman–Crippen MR) is 69.0 cm³/mol. The summed E-state index contributed by atoms with van der Waals surface area (Å²) in [5.41, 5.74) is 1.82. The van der Waals surface area contributed by atoms with Crippen LogP contribution in [0.15, 0.2) is 23.4 Å². The summed E-state index contributed by atoms with van der Waals surface area (Å²) in [5.74, 6) is 0.232. The highest BCUT2D eigenvalue weighted by atomic mass is 32.2. The van der Waals surface area contributed by atoms with Gasteiger partial charge in [0.25, 0.3) is 10.0 Å². The molecule has 0 amide bonds. The van der Waals surface area contributed by atoms with Gasteiger partial charge in [-0.05, 0) is 31.5 Å². The number of aromatic nitrogens is 3. The molecule has 0 spiro atoms. The summed E-state index contributed by atoms with van der Waals surface area (Å²) in [6.07, 6.45) is 1.27. The number of anilines is 1. The Morgan fingerprint density at radius 2 is 2.11 bits per heavy atom. The van der Waals surface area contributed by atoms with E-state index in [0.29, 0.717) is 5.69 Å². The fourth-order valence-electron chi connectivity index (χ4n) is 1.73. The van der Waals surface area contributed by atoms with Gasteiger partial charge >= 0.3 is 0 Å². The second-order valence-electron chi connectivity index (χ2n) is 4.16. The zero-order valence-corrected chi connectivity index (χ0v) is 11.3. The Labute approximate surface area is 110 Å². The van der Waals surface area contributed by atoms with Crippen molar-refractivity contribution < 1.29 is 13.5 Å². The van der Waals surface area contributed by atoms with Gasteiger partial charge in [0, 0.05) is 11.3 Å². The summed E-state index contributed by atoms with van der Waals surface area (Å²) < 4.78 is 26.6. The summed E-state index contributed by atoms with van der Waals surface area (Å²) in [5, 5.41) is 14.9. The SMILES string of the molecule is Cc1cc(C)nc(NS(=O)(=O)c2[nH]ncc2CO)c1. The van der Waals surface area contributed by atoms with Crippen LogP contribution in [-0.2, 0) is 16.6 Å². The summed E-state index contributed by atoms with van der Waals surface area (Å²) in [7, 11) is -3.84. The molecule has 3 N–H and O–H groups in total.